The van der Waals surface area contributed by atoms with Gasteiger partial charge in [0.15, 0.2) is 18.9 Å². The number of nitrogens with zero attached hydrogens (tertiary/aromatic N) is 1. The Morgan fingerprint density at radius 3 is 2.00 bits per heavy atom. The maximum Gasteiger partial charge on any atom is 0.329 e. The van der Waals surface area contributed by atoms with Gasteiger partial charge in [-0.25, -0.2) is 9.36 Å². The Balaban J connectivity index is 2.01. The van der Waals surface area contributed by atoms with Crippen molar-refractivity contribution in [3.63, 3.8) is 0 Å². The van der Waals surface area contributed by atoms with Gasteiger partial charge in [0.1, 0.15) is 13.2 Å². The fraction of sp³-hybridized carbons (Fsp3) is 0.811. The van der Waals surface area contributed by atoms with Gasteiger partial charge in [-0.3, -0.25) is 4.79 Å². The van der Waals surface area contributed by atoms with E-state index in [0.29, 0.717) is 38.6 Å². The van der Waals surface area contributed by atoms with Crippen LogP contribution in [-0.2, 0) is 36.8 Å². The van der Waals surface area contributed by atoms with Crippen molar-refractivity contribution in [1.29, 1.82) is 0 Å². The first-order chi connectivity index (χ1) is 22.5. The van der Waals surface area contributed by atoms with Gasteiger partial charge in [0.2, 0.25) is 0 Å². The van der Waals surface area contributed by atoms with Crippen LogP contribution in [0.15, 0.2) is 24.5 Å². The quantitative estimate of drug-likeness (QED) is 0.0550. The molecule has 0 aromatic carbocycles. The summed E-state index contributed by atoms with van der Waals surface area (Å²) in [6.07, 6.45) is 28.0. The standard InChI is InChI=1S/C37H65NO7S/c1-2-3-4-5-6-7-8-9-10-11-12-13-14-15-16-19-26-44-31-35(45-32-37(41)42)33-46-29-28-43-27-25-38-24-20-22-34(30-38)21-17-18-23-36(39)40/h20,22,24,30,35H,2-19,21,23,25-29,31-33H2,1H3,(H-,39,40,41,42)/p+1. The van der Waals surface area contributed by atoms with Gasteiger partial charge >= 0.3 is 11.9 Å². The summed E-state index contributed by atoms with van der Waals surface area (Å²) in [5, 5.41) is 17.8. The van der Waals surface area contributed by atoms with E-state index in [0.717, 1.165) is 31.6 Å². The fourth-order valence-electron chi connectivity index (χ4n) is 5.37. The van der Waals surface area contributed by atoms with Crippen LogP contribution in [0.1, 0.15) is 134 Å². The van der Waals surface area contributed by atoms with Gasteiger partial charge in [0.25, 0.3) is 0 Å². The van der Waals surface area contributed by atoms with Crippen LogP contribution in [0.4, 0.5) is 0 Å². The lowest BCUT2D eigenvalue weighted by atomic mass is 10.0. The molecule has 2 N–H and O–H groups in total. The SMILES string of the molecule is CCCCCCCCCCCCCCCCCCOCC(CSCCOCC[n+]1cccc(CCCCC(=O)O)c1)OCC(=O)O. The molecule has 1 aromatic heterocycles. The first-order valence-electron chi connectivity index (χ1n) is 18.3. The largest absolute Gasteiger partial charge is 0.481 e. The van der Waals surface area contributed by atoms with E-state index in [4.69, 9.17) is 24.4 Å². The lowest BCUT2D eigenvalue weighted by Gasteiger charge is -2.17. The summed E-state index contributed by atoms with van der Waals surface area (Å²) in [7, 11) is 0. The van der Waals surface area contributed by atoms with Gasteiger partial charge < -0.3 is 24.4 Å². The van der Waals surface area contributed by atoms with Crippen LogP contribution < -0.4 is 4.57 Å². The molecule has 46 heavy (non-hydrogen) atoms. The number of carboxylic acids is 2. The first-order valence-corrected chi connectivity index (χ1v) is 19.4. The van der Waals surface area contributed by atoms with E-state index >= 15 is 0 Å². The van der Waals surface area contributed by atoms with E-state index < -0.39 is 11.9 Å². The summed E-state index contributed by atoms with van der Waals surface area (Å²) < 4.78 is 19.3. The minimum atomic E-state index is -0.960. The zero-order valence-electron chi connectivity index (χ0n) is 29.0. The second-order valence-electron chi connectivity index (χ2n) is 12.4. The van der Waals surface area contributed by atoms with Gasteiger partial charge in [-0.15, -0.1) is 0 Å². The van der Waals surface area contributed by atoms with Crippen molar-refractivity contribution in [2.24, 2.45) is 0 Å². The van der Waals surface area contributed by atoms with Crippen LogP contribution >= 0.6 is 11.8 Å². The van der Waals surface area contributed by atoms with Gasteiger partial charge in [0.05, 0.1) is 19.3 Å². The Kier molecular flexibility index (Phi) is 29.4. The molecule has 0 radical (unpaired) electrons. The molecule has 266 valence electrons. The third-order valence-corrected chi connectivity index (χ3v) is 9.15. The number of pyridine rings is 1. The van der Waals surface area contributed by atoms with Gasteiger partial charge in [0, 0.05) is 36.2 Å². The van der Waals surface area contributed by atoms with Crippen molar-refractivity contribution in [1.82, 2.24) is 0 Å². The molecule has 1 unspecified atom stereocenters. The predicted octanol–water partition coefficient (Wildman–Crippen LogP) is 8.27. The molecule has 0 aliphatic heterocycles. The molecular formula is C37H66NO7S+. The lowest BCUT2D eigenvalue weighted by molar-refractivity contribution is -0.698. The van der Waals surface area contributed by atoms with Crippen LogP contribution in [0.3, 0.4) is 0 Å². The summed E-state index contributed by atoms with van der Waals surface area (Å²) in [5.74, 6) is -0.219. The average Bonchev–Trinajstić information content (AvgIpc) is 3.04. The van der Waals surface area contributed by atoms with E-state index in [-0.39, 0.29) is 19.1 Å². The number of unbranched alkanes of at least 4 members (excludes halogenated alkanes) is 16. The average molecular weight is 669 g/mol. The lowest BCUT2D eigenvalue weighted by Crippen LogP contribution is -2.35. The first kappa shape index (κ1) is 42.3. The highest BCUT2D eigenvalue weighted by Gasteiger charge is 2.12. The van der Waals surface area contributed by atoms with E-state index in [2.05, 4.69) is 23.8 Å². The predicted molar refractivity (Wildman–Crippen MR) is 188 cm³/mol. The maximum atomic E-state index is 11.0. The van der Waals surface area contributed by atoms with Crippen molar-refractivity contribution >= 4 is 23.7 Å². The summed E-state index contributed by atoms with van der Waals surface area (Å²) >= 11 is 1.69. The molecule has 1 atom stereocenters. The third kappa shape index (κ3) is 28.5. The van der Waals surface area contributed by atoms with Crippen molar-refractivity contribution in [3.05, 3.63) is 30.1 Å². The van der Waals surface area contributed by atoms with Crippen molar-refractivity contribution < 1.29 is 38.6 Å². The van der Waals surface area contributed by atoms with E-state index in [1.54, 1.807) is 11.8 Å². The van der Waals surface area contributed by atoms with Gasteiger partial charge in [-0.05, 0) is 31.7 Å². The highest BCUT2D eigenvalue weighted by atomic mass is 32.2. The minimum Gasteiger partial charge on any atom is -0.481 e. The molecule has 9 heteroatoms. The molecule has 8 nitrogen and oxygen atoms in total. The normalized spacial score (nSPS) is 12.0. The van der Waals surface area contributed by atoms with Gasteiger partial charge in [-0.1, -0.05) is 103 Å². The Hall–Kier alpha value is -1.68. The van der Waals surface area contributed by atoms with Crippen LogP contribution in [0.5, 0.6) is 0 Å². The summed E-state index contributed by atoms with van der Waals surface area (Å²) in [6.45, 7) is 5.06. The molecule has 0 bridgehead atoms. The number of hydrogen-bond acceptors (Lipinski definition) is 6. The zero-order chi connectivity index (χ0) is 33.3. The third-order valence-electron chi connectivity index (χ3n) is 8.08. The van der Waals surface area contributed by atoms with Crippen LogP contribution in [0.2, 0.25) is 0 Å². The second kappa shape index (κ2) is 31.9. The molecule has 0 aliphatic carbocycles. The molecule has 0 saturated carbocycles. The number of rotatable bonds is 35. The van der Waals surface area contributed by atoms with E-state index in [1.807, 2.05) is 12.3 Å². The molecule has 1 aromatic rings. The Morgan fingerprint density at radius 1 is 0.761 bits per heavy atom. The molecule has 0 spiro atoms. The van der Waals surface area contributed by atoms with Crippen LogP contribution in [-0.4, -0.2) is 72.8 Å². The van der Waals surface area contributed by atoms with E-state index in [9.17, 15) is 9.59 Å². The highest BCUT2D eigenvalue weighted by Crippen LogP contribution is 2.14. The number of hydrogen-bond donors (Lipinski definition) is 2. The summed E-state index contributed by atoms with van der Waals surface area (Å²) in [4.78, 5) is 21.7. The molecule has 0 aliphatic rings. The van der Waals surface area contributed by atoms with Crippen LogP contribution in [0, 0.1) is 0 Å². The van der Waals surface area contributed by atoms with Crippen molar-refractivity contribution in [2.75, 3.05) is 44.5 Å². The molecule has 0 saturated heterocycles. The number of carbonyl (C=O) groups is 2. The Morgan fingerprint density at radius 2 is 1.39 bits per heavy atom. The molecule has 0 fully saturated rings. The Bertz CT molecular complexity index is 857. The second-order valence-corrected chi connectivity index (χ2v) is 13.6. The summed E-state index contributed by atoms with van der Waals surface area (Å²) in [6, 6.07) is 4.09. The number of thioether (sulfide) groups is 1. The number of ether oxygens (including phenoxy) is 3. The summed E-state index contributed by atoms with van der Waals surface area (Å²) in [5.41, 5.74) is 1.20. The zero-order valence-corrected chi connectivity index (χ0v) is 29.8. The molecule has 1 rings (SSSR count). The topological polar surface area (TPSA) is 106 Å². The minimum absolute atomic E-state index is 0.220. The van der Waals surface area contributed by atoms with E-state index in [1.165, 1.54) is 102 Å². The fourth-order valence-corrected chi connectivity index (χ4v) is 6.23. The van der Waals surface area contributed by atoms with Crippen molar-refractivity contribution in [3.8, 4) is 0 Å². The highest BCUT2D eigenvalue weighted by molar-refractivity contribution is 7.99. The number of aliphatic carboxylic acids is 2. The molecule has 0 amide bonds. The number of aryl methyl sites for hydroxylation is 1. The van der Waals surface area contributed by atoms with Crippen LogP contribution in [0.25, 0.3) is 0 Å². The number of carboxylic acid groups (broad SMARTS) is 2. The number of aromatic nitrogens is 1. The smallest absolute Gasteiger partial charge is 0.329 e. The van der Waals surface area contributed by atoms with Gasteiger partial charge in [-0.2, -0.15) is 11.8 Å². The maximum absolute atomic E-state index is 11.0. The van der Waals surface area contributed by atoms with Crippen molar-refractivity contribution in [2.45, 2.75) is 148 Å². The molecular weight excluding hydrogens is 602 g/mol. The molecule has 1 heterocycles. The Labute approximate surface area is 284 Å². The monoisotopic (exact) mass is 668 g/mol.